The highest BCUT2D eigenvalue weighted by Gasteiger charge is 2.22. The highest BCUT2D eigenvalue weighted by atomic mass is 31.1. The van der Waals surface area contributed by atoms with Crippen molar-refractivity contribution in [2.45, 2.75) is 12.3 Å². The summed E-state index contributed by atoms with van der Waals surface area (Å²) in [6.45, 7) is 0.605. The van der Waals surface area contributed by atoms with Crippen LogP contribution in [0.3, 0.4) is 0 Å². The van der Waals surface area contributed by atoms with Crippen molar-refractivity contribution in [2.75, 3.05) is 6.61 Å². The lowest BCUT2D eigenvalue weighted by atomic mass is 10.4. The van der Waals surface area contributed by atoms with E-state index in [0.29, 0.717) is 13.0 Å². The smallest absolute Gasteiger partial charge is 0.345 e. The number of ether oxygens (including phenoxy) is 1. The standard InChI is InChI=1S/C3H5O3P/c4-7(5)3-1-2-6-3/h3H,1-2H2. The van der Waals surface area contributed by atoms with Gasteiger partial charge in [-0.1, -0.05) is 0 Å². The molecule has 1 fully saturated rings. The summed E-state index contributed by atoms with van der Waals surface area (Å²) < 4.78 is 24.4. The third-order valence-corrected chi connectivity index (χ3v) is 1.79. The number of rotatable bonds is 1. The van der Waals surface area contributed by atoms with Gasteiger partial charge in [-0.05, 0) is 0 Å². The average molecular weight is 120 g/mol. The molecule has 7 heavy (non-hydrogen) atoms. The van der Waals surface area contributed by atoms with Gasteiger partial charge >= 0.3 is 7.68 Å². The van der Waals surface area contributed by atoms with Crippen LogP contribution in [0.1, 0.15) is 6.42 Å². The van der Waals surface area contributed by atoms with Crippen molar-refractivity contribution in [3.63, 3.8) is 0 Å². The van der Waals surface area contributed by atoms with Crippen molar-refractivity contribution < 1.29 is 13.9 Å². The van der Waals surface area contributed by atoms with Gasteiger partial charge in [-0.2, -0.15) is 0 Å². The van der Waals surface area contributed by atoms with Crippen molar-refractivity contribution in [2.24, 2.45) is 0 Å². The zero-order chi connectivity index (χ0) is 5.28. The molecule has 1 atom stereocenters. The summed E-state index contributed by atoms with van der Waals surface area (Å²) in [5.74, 6) is -0.463. The fourth-order valence-corrected chi connectivity index (χ4v) is 0.933. The van der Waals surface area contributed by atoms with Gasteiger partial charge in [0.25, 0.3) is 0 Å². The largest absolute Gasteiger partial charge is 0.363 e. The van der Waals surface area contributed by atoms with Gasteiger partial charge in [-0.3, -0.25) is 0 Å². The maximum absolute atomic E-state index is 9.89. The summed E-state index contributed by atoms with van der Waals surface area (Å²) in [6, 6.07) is 0. The van der Waals surface area contributed by atoms with Crippen LogP contribution in [0, 0.1) is 0 Å². The van der Waals surface area contributed by atoms with Crippen LogP contribution in [-0.4, -0.2) is 12.5 Å². The van der Waals surface area contributed by atoms with E-state index in [-0.39, 0.29) is 0 Å². The summed E-state index contributed by atoms with van der Waals surface area (Å²) in [5.41, 5.74) is 0. The average Bonchev–Trinajstić information content (AvgIpc) is 1.23. The highest BCUT2D eigenvalue weighted by molar-refractivity contribution is 7.31. The minimum Gasteiger partial charge on any atom is -0.363 e. The van der Waals surface area contributed by atoms with E-state index in [4.69, 9.17) is 0 Å². The Kier molecular flexibility index (Phi) is 1.26. The topological polar surface area (TPSA) is 43.4 Å². The summed E-state index contributed by atoms with van der Waals surface area (Å²) in [7, 11) is -2.30. The second-order valence-electron chi connectivity index (χ2n) is 1.40. The molecule has 1 aliphatic heterocycles. The molecule has 0 saturated carbocycles. The van der Waals surface area contributed by atoms with Gasteiger partial charge in [-0.15, -0.1) is 0 Å². The molecular formula is C3H5O3P. The molecule has 40 valence electrons. The zero-order valence-corrected chi connectivity index (χ0v) is 4.56. The highest BCUT2D eigenvalue weighted by Crippen LogP contribution is 2.26. The second-order valence-corrected chi connectivity index (χ2v) is 2.55. The third kappa shape index (κ3) is 0.898. The van der Waals surface area contributed by atoms with Gasteiger partial charge in [0, 0.05) is 6.42 Å². The zero-order valence-electron chi connectivity index (χ0n) is 3.66. The first-order chi connectivity index (χ1) is 3.30. The van der Waals surface area contributed by atoms with Crippen LogP contribution in [0.5, 0.6) is 0 Å². The summed E-state index contributed by atoms with van der Waals surface area (Å²) in [6.07, 6.45) is 0.679. The van der Waals surface area contributed by atoms with Crippen molar-refractivity contribution in [3.05, 3.63) is 0 Å². The van der Waals surface area contributed by atoms with Crippen molar-refractivity contribution in [1.82, 2.24) is 0 Å². The van der Waals surface area contributed by atoms with Crippen molar-refractivity contribution in [3.8, 4) is 0 Å². The number of hydrogen-bond donors (Lipinski definition) is 0. The Morgan fingerprint density at radius 3 is 2.14 bits per heavy atom. The van der Waals surface area contributed by atoms with Gasteiger partial charge < -0.3 is 4.74 Å². The maximum Gasteiger partial charge on any atom is 0.345 e. The van der Waals surface area contributed by atoms with Crippen LogP contribution in [0.4, 0.5) is 0 Å². The van der Waals surface area contributed by atoms with Crippen molar-refractivity contribution >= 4 is 7.68 Å². The first-order valence-corrected chi connectivity index (χ1v) is 3.30. The molecule has 1 unspecified atom stereocenters. The van der Waals surface area contributed by atoms with Crippen LogP contribution in [-0.2, 0) is 13.9 Å². The normalized spacial score (nSPS) is 28.9. The molecule has 1 saturated heterocycles. The molecule has 0 aromatic carbocycles. The molecule has 0 amide bonds. The van der Waals surface area contributed by atoms with Gasteiger partial charge in [0.15, 0.2) is 5.85 Å². The predicted molar refractivity (Wildman–Crippen MR) is 22.6 cm³/mol. The van der Waals surface area contributed by atoms with Crippen LogP contribution in [0.25, 0.3) is 0 Å². The molecule has 1 rings (SSSR count). The summed E-state index contributed by atoms with van der Waals surface area (Å²) >= 11 is 0. The fraction of sp³-hybridized carbons (Fsp3) is 1.00. The summed E-state index contributed by atoms with van der Waals surface area (Å²) in [5, 5.41) is 0. The van der Waals surface area contributed by atoms with Gasteiger partial charge in [0.05, 0.1) is 6.61 Å². The fourth-order valence-electron chi connectivity index (χ4n) is 0.390. The Morgan fingerprint density at radius 1 is 1.57 bits per heavy atom. The van der Waals surface area contributed by atoms with E-state index in [1.54, 1.807) is 0 Å². The summed E-state index contributed by atoms with van der Waals surface area (Å²) in [4.78, 5) is 0. The van der Waals surface area contributed by atoms with E-state index in [2.05, 4.69) is 4.74 Å². The van der Waals surface area contributed by atoms with Crippen molar-refractivity contribution in [1.29, 1.82) is 0 Å². The monoisotopic (exact) mass is 120 g/mol. The Balaban J connectivity index is 2.41. The minimum atomic E-state index is -2.30. The first-order valence-electron chi connectivity index (χ1n) is 2.06. The quantitative estimate of drug-likeness (QED) is 0.483. The number of hydrogen-bond acceptors (Lipinski definition) is 3. The van der Waals surface area contributed by atoms with E-state index in [0.717, 1.165) is 0 Å². The van der Waals surface area contributed by atoms with Crippen LogP contribution in [0.15, 0.2) is 0 Å². The molecule has 0 bridgehead atoms. The minimum absolute atomic E-state index is 0.463. The molecular weight excluding hydrogens is 115 g/mol. The molecule has 1 aliphatic rings. The molecule has 0 aliphatic carbocycles. The van der Waals surface area contributed by atoms with E-state index >= 15 is 0 Å². The molecule has 0 aromatic heterocycles. The Hall–Kier alpha value is -0.140. The van der Waals surface area contributed by atoms with E-state index in [1.807, 2.05) is 0 Å². The van der Waals surface area contributed by atoms with Gasteiger partial charge in [-0.25, -0.2) is 9.13 Å². The Bertz CT molecular complexity index is 116. The molecule has 0 spiro atoms. The molecule has 1 heterocycles. The molecule has 0 aromatic rings. The van der Waals surface area contributed by atoms with Crippen LogP contribution in [0.2, 0.25) is 0 Å². The maximum atomic E-state index is 9.89. The lowest BCUT2D eigenvalue weighted by molar-refractivity contribution is 0.00219. The molecule has 3 nitrogen and oxygen atoms in total. The predicted octanol–water partition coefficient (Wildman–Crippen LogP) is 0.906. The van der Waals surface area contributed by atoms with E-state index in [1.165, 1.54) is 0 Å². The van der Waals surface area contributed by atoms with Crippen LogP contribution >= 0.6 is 7.68 Å². The lowest BCUT2D eigenvalue weighted by Crippen LogP contribution is -2.20. The van der Waals surface area contributed by atoms with Gasteiger partial charge in [0.2, 0.25) is 0 Å². The van der Waals surface area contributed by atoms with E-state index in [9.17, 15) is 9.13 Å². The Morgan fingerprint density at radius 2 is 2.14 bits per heavy atom. The van der Waals surface area contributed by atoms with E-state index < -0.39 is 13.5 Å². The Labute approximate surface area is 41.5 Å². The SMILES string of the molecule is O=P(=O)C1CCO1. The van der Waals surface area contributed by atoms with Gasteiger partial charge in [0.1, 0.15) is 0 Å². The molecule has 4 heteroatoms. The second kappa shape index (κ2) is 1.76. The third-order valence-electron chi connectivity index (χ3n) is 0.910. The lowest BCUT2D eigenvalue weighted by Gasteiger charge is -2.17. The first kappa shape index (κ1) is 5.01. The molecule has 0 radical (unpaired) electrons. The molecule has 0 N–H and O–H groups in total. The van der Waals surface area contributed by atoms with Crippen LogP contribution < -0.4 is 0 Å².